The summed E-state index contributed by atoms with van der Waals surface area (Å²) in [5.41, 5.74) is 1.67. The summed E-state index contributed by atoms with van der Waals surface area (Å²) in [6, 6.07) is 6.85. The molecule has 3 amide bonds. The van der Waals surface area contributed by atoms with Gasteiger partial charge in [-0.05, 0) is 18.6 Å². The van der Waals surface area contributed by atoms with Crippen molar-refractivity contribution < 1.29 is 14.4 Å². The van der Waals surface area contributed by atoms with E-state index in [9.17, 15) is 14.4 Å². The van der Waals surface area contributed by atoms with Crippen LogP contribution in [-0.2, 0) is 20.9 Å². The maximum absolute atomic E-state index is 12.0. The third kappa shape index (κ3) is 2.76. The van der Waals surface area contributed by atoms with E-state index in [-0.39, 0.29) is 24.8 Å². The molecule has 1 atom stereocenters. The molecule has 2 aromatic rings. The molecule has 21 heavy (non-hydrogen) atoms. The Bertz CT molecular complexity index is 722. The lowest BCUT2D eigenvalue weighted by molar-refractivity contribution is -0.137. The van der Waals surface area contributed by atoms with Crippen LogP contribution in [0.1, 0.15) is 12.8 Å². The van der Waals surface area contributed by atoms with Crippen LogP contribution >= 0.6 is 0 Å². The minimum Gasteiger partial charge on any atom is -0.343 e. The van der Waals surface area contributed by atoms with Crippen LogP contribution in [-0.4, -0.2) is 33.3 Å². The predicted octanol–water partition coefficient (Wildman–Crippen LogP) is -0.0423. The molecule has 2 heterocycles. The molecule has 1 aromatic carbocycles. The zero-order valence-corrected chi connectivity index (χ0v) is 11.2. The van der Waals surface area contributed by atoms with Crippen molar-refractivity contribution in [3.8, 4) is 0 Å². The number of nitrogens with one attached hydrogen (secondary N) is 2. The summed E-state index contributed by atoms with van der Waals surface area (Å²) in [4.78, 5) is 38.9. The molecular weight excluding hydrogens is 272 g/mol. The highest BCUT2D eigenvalue weighted by atomic mass is 16.2. The van der Waals surface area contributed by atoms with Gasteiger partial charge < -0.3 is 9.88 Å². The highest BCUT2D eigenvalue weighted by Crippen LogP contribution is 2.11. The summed E-state index contributed by atoms with van der Waals surface area (Å²) < 4.78 is 1.72. The Kier molecular flexibility index (Phi) is 3.39. The zero-order chi connectivity index (χ0) is 14.8. The maximum Gasteiger partial charge on any atom is 0.249 e. The highest BCUT2D eigenvalue weighted by molar-refractivity contribution is 6.01. The van der Waals surface area contributed by atoms with Crippen LogP contribution in [0.5, 0.6) is 0 Å². The number of carbonyl (C=O) groups excluding carboxylic acids is 3. The van der Waals surface area contributed by atoms with Crippen LogP contribution < -0.4 is 10.6 Å². The number of hydrogen-bond acceptors (Lipinski definition) is 4. The molecule has 7 heteroatoms. The van der Waals surface area contributed by atoms with Crippen molar-refractivity contribution in [1.29, 1.82) is 0 Å². The number of imidazole rings is 1. The molecule has 108 valence electrons. The molecular formula is C14H14N4O3. The lowest BCUT2D eigenvalue weighted by Crippen LogP contribution is -2.52. The molecule has 0 spiro atoms. The molecule has 1 aromatic heterocycles. The second-order valence-corrected chi connectivity index (χ2v) is 4.93. The molecule has 0 aliphatic carbocycles. The quantitative estimate of drug-likeness (QED) is 0.774. The molecule has 2 N–H and O–H groups in total. The Hall–Kier alpha value is -2.70. The fourth-order valence-electron chi connectivity index (χ4n) is 2.36. The molecule has 7 nitrogen and oxygen atoms in total. The lowest BCUT2D eigenvalue weighted by Gasteiger charge is -2.21. The van der Waals surface area contributed by atoms with Gasteiger partial charge in [0.15, 0.2) is 0 Å². The smallest absolute Gasteiger partial charge is 0.249 e. The zero-order valence-electron chi connectivity index (χ0n) is 11.2. The first-order chi connectivity index (χ1) is 10.1. The summed E-state index contributed by atoms with van der Waals surface area (Å²) >= 11 is 0. The molecule has 1 aliphatic heterocycles. The first kappa shape index (κ1) is 13.3. The predicted molar refractivity (Wildman–Crippen MR) is 74.0 cm³/mol. The third-order valence-corrected chi connectivity index (χ3v) is 3.42. The van der Waals surface area contributed by atoms with Gasteiger partial charge >= 0.3 is 0 Å². The average Bonchev–Trinajstić information content (AvgIpc) is 2.85. The van der Waals surface area contributed by atoms with E-state index in [1.165, 1.54) is 0 Å². The topological polar surface area (TPSA) is 93.1 Å². The Balaban J connectivity index is 1.67. The summed E-state index contributed by atoms with van der Waals surface area (Å²) in [5.74, 6) is -1.03. The van der Waals surface area contributed by atoms with Gasteiger partial charge in [0, 0.05) is 6.42 Å². The number of hydrogen-bond donors (Lipinski definition) is 2. The van der Waals surface area contributed by atoms with Crippen molar-refractivity contribution in [1.82, 2.24) is 20.2 Å². The van der Waals surface area contributed by atoms with Gasteiger partial charge in [-0.25, -0.2) is 4.98 Å². The van der Waals surface area contributed by atoms with Crippen LogP contribution in [0.2, 0.25) is 0 Å². The normalized spacial score (nSPS) is 18.6. The number of benzene rings is 1. The van der Waals surface area contributed by atoms with Gasteiger partial charge in [0.2, 0.25) is 17.7 Å². The first-order valence-electron chi connectivity index (χ1n) is 6.66. The SMILES string of the molecule is O=C1CCC(NC(=O)Cn2cnc3ccccc32)C(=O)N1. The van der Waals surface area contributed by atoms with Crippen LogP contribution in [0, 0.1) is 0 Å². The number of aromatic nitrogens is 2. The van der Waals surface area contributed by atoms with Gasteiger partial charge in [0.05, 0.1) is 17.4 Å². The average molecular weight is 286 g/mol. The molecule has 1 unspecified atom stereocenters. The minimum absolute atomic E-state index is 0.0816. The minimum atomic E-state index is -0.648. The van der Waals surface area contributed by atoms with Crippen molar-refractivity contribution in [3.05, 3.63) is 30.6 Å². The Morgan fingerprint density at radius 3 is 3.00 bits per heavy atom. The number of carbonyl (C=O) groups is 3. The molecule has 3 rings (SSSR count). The molecule has 0 bridgehead atoms. The van der Waals surface area contributed by atoms with E-state index in [1.807, 2.05) is 24.3 Å². The lowest BCUT2D eigenvalue weighted by atomic mass is 10.1. The molecule has 0 radical (unpaired) electrons. The molecule has 1 saturated heterocycles. The fraction of sp³-hybridized carbons (Fsp3) is 0.286. The van der Waals surface area contributed by atoms with E-state index in [0.717, 1.165) is 11.0 Å². The van der Waals surface area contributed by atoms with Crippen LogP contribution in [0.15, 0.2) is 30.6 Å². The van der Waals surface area contributed by atoms with Gasteiger partial charge in [-0.2, -0.15) is 0 Å². The van der Waals surface area contributed by atoms with Gasteiger partial charge in [-0.1, -0.05) is 12.1 Å². The number of piperidine rings is 1. The monoisotopic (exact) mass is 286 g/mol. The Morgan fingerprint density at radius 2 is 2.19 bits per heavy atom. The largest absolute Gasteiger partial charge is 0.343 e. The van der Waals surface area contributed by atoms with Crippen LogP contribution in [0.3, 0.4) is 0 Å². The number of amides is 3. The van der Waals surface area contributed by atoms with E-state index in [1.54, 1.807) is 10.9 Å². The summed E-state index contributed by atoms with van der Waals surface area (Å²) in [6.45, 7) is 0.0816. The van der Waals surface area contributed by atoms with E-state index in [2.05, 4.69) is 15.6 Å². The van der Waals surface area contributed by atoms with Crippen LogP contribution in [0.4, 0.5) is 0 Å². The van der Waals surface area contributed by atoms with Crippen molar-refractivity contribution >= 4 is 28.8 Å². The molecule has 0 saturated carbocycles. The van der Waals surface area contributed by atoms with Crippen molar-refractivity contribution in [2.45, 2.75) is 25.4 Å². The second-order valence-electron chi connectivity index (χ2n) is 4.93. The van der Waals surface area contributed by atoms with E-state index >= 15 is 0 Å². The van der Waals surface area contributed by atoms with Crippen molar-refractivity contribution in [3.63, 3.8) is 0 Å². The van der Waals surface area contributed by atoms with Crippen molar-refractivity contribution in [2.75, 3.05) is 0 Å². The van der Waals surface area contributed by atoms with E-state index in [4.69, 9.17) is 0 Å². The number of rotatable bonds is 3. The highest BCUT2D eigenvalue weighted by Gasteiger charge is 2.27. The fourth-order valence-corrected chi connectivity index (χ4v) is 2.36. The van der Waals surface area contributed by atoms with Crippen molar-refractivity contribution in [2.24, 2.45) is 0 Å². The van der Waals surface area contributed by atoms with Gasteiger partial charge in [0.25, 0.3) is 0 Å². The molecule has 1 fully saturated rings. The number of para-hydroxylation sites is 2. The number of nitrogens with zero attached hydrogens (tertiary/aromatic N) is 2. The van der Waals surface area contributed by atoms with Gasteiger partial charge in [0.1, 0.15) is 12.6 Å². The van der Waals surface area contributed by atoms with E-state index < -0.39 is 11.9 Å². The summed E-state index contributed by atoms with van der Waals surface area (Å²) in [6.07, 6.45) is 2.17. The standard InChI is InChI=1S/C14H14N4O3/c19-12-6-5-10(14(21)17-12)16-13(20)7-18-8-15-9-3-1-2-4-11(9)18/h1-4,8,10H,5-7H2,(H,16,20)(H,17,19,21). The summed E-state index contributed by atoms with van der Waals surface area (Å²) in [7, 11) is 0. The van der Waals surface area contributed by atoms with E-state index in [0.29, 0.717) is 6.42 Å². The number of imide groups is 1. The first-order valence-corrected chi connectivity index (χ1v) is 6.66. The van der Waals surface area contributed by atoms with Gasteiger partial charge in [-0.3, -0.25) is 19.7 Å². The molecule has 1 aliphatic rings. The summed E-state index contributed by atoms with van der Waals surface area (Å²) in [5, 5.41) is 4.85. The second kappa shape index (κ2) is 5.35. The Labute approximate surface area is 120 Å². The van der Waals surface area contributed by atoms with Gasteiger partial charge in [-0.15, -0.1) is 0 Å². The van der Waals surface area contributed by atoms with Crippen LogP contribution in [0.25, 0.3) is 11.0 Å². The Morgan fingerprint density at radius 1 is 1.38 bits per heavy atom. The number of fused-ring (bicyclic) bond motifs is 1. The maximum atomic E-state index is 12.0. The third-order valence-electron chi connectivity index (χ3n) is 3.42.